The minimum atomic E-state index is -0.291. The van der Waals surface area contributed by atoms with E-state index in [0.29, 0.717) is 23.7 Å². The van der Waals surface area contributed by atoms with Gasteiger partial charge < -0.3 is 14.2 Å². The Morgan fingerprint density at radius 1 is 0.929 bits per heavy atom. The maximum absolute atomic E-state index is 13.7. The van der Waals surface area contributed by atoms with Crippen LogP contribution >= 0.6 is 0 Å². The highest BCUT2D eigenvalue weighted by atomic mass is 19.1. The second kappa shape index (κ2) is 9.55. The minimum absolute atomic E-state index is 0.128. The average Bonchev–Trinajstić information content (AvgIpc) is 2.73. The van der Waals surface area contributed by atoms with Gasteiger partial charge in [0.2, 0.25) is 0 Å². The van der Waals surface area contributed by atoms with Crippen LogP contribution in [0, 0.1) is 5.82 Å². The molecule has 0 saturated carbocycles. The fraction of sp³-hybridized carbons (Fsp3) is 0.174. The van der Waals surface area contributed by atoms with Crippen LogP contribution in [0.25, 0.3) is 0 Å². The summed E-state index contributed by atoms with van der Waals surface area (Å²) in [5.74, 6) is 1.64. The van der Waals surface area contributed by atoms with E-state index < -0.39 is 0 Å². The summed E-state index contributed by atoms with van der Waals surface area (Å²) < 4.78 is 30.3. The smallest absolute Gasteiger partial charge is 0.161 e. The number of methoxy groups -OCH3 is 1. The Bertz CT molecular complexity index is 939. The number of halogens is 1. The highest BCUT2D eigenvalue weighted by Gasteiger charge is 2.07. The molecule has 0 atom stereocenters. The van der Waals surface area contributed by atoms with Crippen LogP contribution in [-0.4, -0.2) is 19.9 Å². The maximum atomic E-state index is 13.7. The predicted molar refractivity (Wildman–Crippen MR) is 109 cm³/mol. The van der Waals surface area contributed by atoms with Crippen molar-refractivity contribution in [2.45, 2.75) is 13.5 Å². The van der Waals surface area contributed by atoms with Crippen molar-refractivity contribution in [2.75, 3.05) is 13.7 Å². The van der Waals surface area contributed by atoms with Crippen LogP contribution in [0.15, 0.2) is 71.7 Å². The molecule has 144 valence electrons. The van der Waals surface area contributed by atoms with Gasteiger partial charge in [-0.3, -0.25) is 4.99 Å². The van der Waals surface area contributed by atoms with Gasteiger partial charge in [0, 0.05) is 11.8 Å². The molecule has 0 N–H and O–H groups in total. The normalized spacial score (nSPS) is 10.8. The summed E-state index contributed by atoms with van der Waals surface area (Å²) in [6, 6.07) is 19.6. The Morgan fingerprint density at radius 2 is 1.71 bits per heavy atom. The van der Waals surface area contributed by atoms with Gasteiger partial charge in [-0.25, -0.2) is 4.39 Å². The molecule has 0 amide bonds. The molecule has 0 aliphatic carbocycles. The third kappa shape index (κ3) is 5.10. The molecule has 3 rings (SSSR count). The van der Waals surface area contributed by atoms with Crippen molar-refractivity contribution in [2.24, 2.45) is 4.99 Å². The molecule has 0 saturated heterocycles. The summed E-state index contributed by atoms with van der Waals surface area (Å²) >= 11 is 0. The molecule has 0 radical (unpaired) electrons. The van der Waals surface area contributed by atoms with Gasteiger partial charge in [0.15, 0.2) is 11.5 Å². The first-order valence-corrected chi connectivity index (χ1v) is 9.00. The van der Waals surface area contributed by atoms with Crippen molar-refractivity contribution in [3.05, 3.63) is 83.7 Å². The van der Waals surface area contributed by atoms with Crippen LogP contribution in [0.4, 0.5) is 10.1 Å². The zero-order valence-corrected chi connectivity index (χ0v) is 15.9. The summed E-state index contributed by atoms with van der Waals surface area (Å²) in [6.07, 6.45) is 1.75. The lowest BCUT2D eigenvalue weighted by atomic mass is 10.2. The van der Waals surface area contributed by atoms with E-state index in [9.17, 15) is 4.39 Å². The van der Waals surface area contributed by atoms with Gasteiger partial charge in [-0.1, -0.05) is 18.2 Å². The van der Waals surface area contributed by atoms with Crippen LogP contribution in [0.1, 0.15) is 18.1 Å². The molecule has 28 heavy (non-hydrogen) atoms. The first-order chi connectivity index (χ1) is 13.7. The van der Waals surface area contributed by atoms with Crippen molar-refractivity contribution in [1.82, 2.24) is 0 Å². The average molecular weight is 379 g/mol. The second-order valence-electron chi connectivity index (χ2n) is 5.98. The van der Waals surface area contributed by atoms with Gasteiger partial charge in [0.1, 0.15) is 18.2 Å². The number of benzene rings is 3. The van der Waals surface area contributed by atoms with E-state index in [2.05, 4.69) is 4.99 Å². The molecule has 0 aromatic heterocycles. The summed E-state index contributed by atoms with van der Waals surface area (Å²) in [5, 5.41) is 0. The molecular formula is C23H22FNO3. The molecule has 0 fully saturated rings. The fourth-order valence-corrected chi connectivity index (χ4v) is 2.60. The highest BCUT2D eigenvalue weighted by molar-refractivity contribution is 5.83. The number of rotatable bonds is 8. The molecular weight excluding hydrogens is 357 g/mol. The van der Waals surface area contributed by atoms with E-state index in [-0.39, 0.29) is 12.4 Å². The van der Waals surface area contributed by atoms with Gasteiger partial charge in [-0.15, -0.1) is 0 Å². The van der Waals surface area contributed by atoms with E-state index in [1.54, 1.807) is 37.6 Å². The van der Waals surface area contributed by atoms with Crippen LogP contribution in [0.2, 0.25) is 0 Å². The van der Waals surface area contributed by atoms with Crippen LogP contribution in [-0.2, 0) is 6.61 Å². The lowest BCUT2D eigenvalue weighted by molar-refractivity contribution is 0.279. The quantitative estimate of drug-likeness (QED) is 0.481. The summed E-state index contributed by atoms with van der Waals surface area (Å²) in [4.78, 5) is 4.46. The lowest BCUT2D eigenvalue weighted by Gasteiger charge is -2.11. The molecule has 4 nitrogen and oxygen atoms in total. The van der Waals surface area contributed by atoms with Gasteiger partial charge >= 0.3 is 0 Å². The SMILES string of the molecule is CCOc1ccc(N=Cc2ccc(OCc3ccccc3F)c(OC)c2)cc1. The Kier molecular flexibility index (Phi) is 6.63. The number of aliphatic imine (C=N–C) groups is 1. The molecule has 0 spiro atoms. The second-order valence-corrected chi connectivity index (χ2v) is 5.98. The van der Waals surface area contributed by atoms with Gasteiger partial charge in [-0.2, -0.15) is 0 Å². The van der Waals surface area contributed by atoms with Gasteiger partial charge in [-0.05, 0) is 61.0 Å². The summed E-state index contributed by atoms with van der Waals surface area (Å²) in [5.41, 5.74) is 2.18. The van der Waals surface area contributed by atoms with Crippen LogP contribution < -0.4 is 14.2 Å². The van der Waals surface area contributed by atoms with Crippen molar-refractivity contribution in [1.29, 1.82) is 0 Å². The fourth-order valence-electron chi connectivity index (χ4n) is 2.60. The first-order valence-electron chi connectivity index (χ1n) is 9.00. The number of nitrogens with zero attached hydrogens (tertiary/aromatic N) is 1. The van der Waals surface area contributed by atoms with Crippen LogP contribution in [0.5, 0.6) is 17.2 Å². The number of hydrogen-bond acceptors (Lipinski definition) is 4. The van der Waals surface area contributed by atoms with Crippen molar-refractivity contribution < 1.29 is 18.6 Å². The Labute approximate surface area is 164 Å². The third-order valence-electron chi connectivity index (χ3n) is 4.04. The van der Waals surface area contributed by atoms with E-state index in [0.717, 1.165) is 17.0 Å². The molecule has 5 heteroatoms. The lowest BCUT2D eigenvalue weighted by Crippen LogP contribution is -2.00. The largest absolute Gasteiger partial charge is 0.494 e. The molecule has 3 aromatic rings. The Morgan fingerprint density at radius 3 is 2.43 bits per heavy atom. The van der Waals surface area contributed by atoms with Crippen molar-refractivity contribution in [3.8, 4) is 17.2 Å². The topological polar surface area (TPSA) is 40.0 Å². The van der Waals surface area contributed by atoms with Gasteiger partial charge in [0.25, 0.3) is 0 Å². The van der Waals surface area contributed by atoms with Crippen molar-refractivity contribution in [3.63, 3.8) is 0 Å². The predicted octanol–water partition coefficient (Wildman–Crippen LogP) is 5.56. The molecule has 0 bridgehead atoms. The molecule has 0 aliphatic rings. The summed E-state index contributed by atoms with van der Waals surface area (Å²) in [6.45, 7) is 2.71. The van der Waals surface area contributed by atoms with E-state index in [1.807, 2.05) is 43.3 Å². The van der Waals surface area contributed by atoms with E-state index in [4.69, 9.17) is 14.2 Å². The highest BCUT2D eigenvalue weighted by Crippen LogP contribution is 2.29. The Balaban J connectivity index is 1.69. The van der Waals surface area contributed by atoms with Crippen LogP contribution in [0.3, 0.4) is 0 Å². The van der Waals surface area contributed by atoms with Crippen molar-refractivity contribution >= 4 is 11.9 Å². The standard InChI is InChI=1S/C23H22FNO3/c1-3-27-20-11-9-19(10-12-20)25-15-17-8-13-22(23(14-17)26-2)28-16-18-6-4-5-7-21(18)24/h4-15H,3,16H2,1-2H3. The monoisotopic (exact) mass is 379 g/mol. The Hall–Kier alpha value is -3.34. The minimum Gasteiger partial charge on any atom is -0.494 e. The zero-order chi connectivity index (χ0) is 19.8. The molecule has 3 aromatic carbocycles. The maximum Gasteiger partial charge on any atom is 0.161 e. The van der Waals surface area contributed by atoms with Gasteiger partial charge in [0.05, 0.1) is 19.4 Å². The number of ether oxygens (including phenoxy) is 3. The first kappa shape index (κ1) is 19.4. The summed E-state index contributed by atoms with van der Waals surface area (Å²) in [7, 11) is 1.57. The number of hydrogen-bond donors (Lipinski definition) is 0. The third-order valence-corrected chi connectivity index (χ3v) is 4.04. The molecule has 0 aliphatic heterocycles. The zero-order valence-electron chi connectivity index (χ0n) is 15.9. The van der Waals surface area contributed by atoms with E-state index in [1.165, 1.54) is 6.07 Å². The molecule has 0 heterocycles. The van der Waals surface area contributed by atoms with E-state index >= 15 is 0 Å². The molecule has 0 unspecified atom stereocenters.